The summed E-state index contributed by atoms with van der Waals surface area (Å²) in [6.07, 6.45) is 6.42. The number of piperidine rings is 1. The van der Waals surface area contributed by atoms with E-state index in [0.717, 1.165) is 22.2 Å². The molecule has 0 aliphatic carbocycles. The van der Waals surface area contributed by atoms with Gasteiger partial charge in [0.2, 0.25) is 0 Å². The molecule has 0 saturated carbocycles. The highest BCUT2D eigenvalue weighted by atomic mass is 127. The number of nitrogens with zero attached hydrogens (tertiary/aromatic N) is 1. The Bertz CT molecular complexity index is 675. The first-order chi connectivity index (χ1) is 13.7. The van der Waals surface area contributed by atoms with Crippen molar-refractivity contribution in [2.45, 2.75) is 44.9 Å². The molecule has 0 unspecified atom stereocenters. The molecule has 0 amide bonds. The zero-order valence-electron chi connectivity index (χ0n) is 17.6. The van der Waals surface area contributed by atoms with E-state index < -0.39 is 0 Å². The average Bonchev–Trinajstić information content (AvgIpc) is 2.75. The van der Waals surface area contributed by atoms with Crippen LogP contribution in [-0.4, -0.2) is 43.2 Å². The molecule has 29 heavy (non-hydrogen) atoms. The number of hydrogen-bond acceptors (Lipinski definition) is 2. The normalized spacial score (nSPS) is 15.5. The minimum atomic E-state index is -0.354. The number of carbonyl (C=O) groups excluding carboxylic acids is 1. The molecule has 3 rings (SSSR count). The number of benzene rings is 2. The van der Waals surface area contributed by atoms with Gasteiger partial charge in [-0.25, -0.2) is 0 Å². The molecule has 1 saturated heterocycles. The van der Waals surface area contributed by atoms with Gasteiger partial charge in [-0.3, -0.25) is 4.79 Å². The number of rotatable bonds is 9. The first kappa shape index (κ1) is 23.9. The van der Waals surface area contributed by atoms with Gasteiger partial charge in [0.25, 0.3) is 0 Å². The van der Waals surface area contributed by atoms with Crippen molar-refractivity contribution in [3.05, 3.63) is 71.8 Å². The highest BCUT2D eigenvalue weighted by Gasteiger charge is 2.30. The molecular formula is C25H34INO2. The lowest BCUT2D eigenvalue weighted by atomic mass is 9.91. The summed E-state index contributed by atoms with van der Waals surface area (Å²) in [7, 11) is 0. The smallest absolute Gasteiger partial charge is 0.318 e. The molecule has 2 aromatic carbocycles. The summed E-state index contributed by atoms with van der Waals surface area (Å²) in [6, 6.07) is 19.9. The van der Waals surface area contributed by atoms with Crippen LogP contribution in [0.5, 0.6) is 0 Å². The van der Waals surface area contributed by atoms with Gasteiger partial charge in [0.1, 0.15) is 19.1 Å². The number of carbonyl (C=O) groups is 1. The molecule has 1 fully saturated rings. The Labute approximate surface area is 193 Å². The summed E-state index contributed by atoms with van der Waals surface area (Å²) in [5.41, 5.74) is 1.98. The van der Waals surface area contributed by atoms with Crippen LogP contribution in [0.15, 0.2) is 60.7 Å². The maximum atomic E-state index is 13.1. The molecule has 1 heterocycles. The van der Waals surface area contributed by atoms with Crippen molar-refractivity contribution in [1.82, 2.24) is 0 Å². The van der Waals surface area contributed by atoms with E-state index in [0.29, 0.717) is 6.61 Å². The fraction of sp³-hybridized carbons (Fsp3) is 0.480. The third-order valence-electron chi connectivity index (χ3n) is 6.06. The molecule has 0 bridgehead atoms. The van der Waals surface area contributed by atoms with Crippen LogP contribution in [0.4, 0.5) is 0 Å². The van der Waals surface area contributed by atoms with Gasteiger partial charge in [-0.1, -0.05) is 74.0 Å². The maximum Gasteiger partial charge on any atom is 0.318 e. The molecule has 0 spiro atoms. The minimum Gasteiger partial charge on any atom is -1.00 e. The van der Waals surface area contributed by atoms with Crippen molar-refractivity contribution >= 4 is 5.97 Å². The SMILES string of the molecule is CCCC[N+]1(CCOC(=O)C(c2ccccc2)c2ccccc2)CCCCC1.[I-]. The standard InChI is InChI=1S/C25H34NO2.HI/c1-2-3-17-26(18-11-6-12-19-26)20-21-28-25(27)24(22-13-7-4-8-14-22)23-15-9-5-10-16-23;/h4-5,7-10,13-16,24H,2-3,6,11-12,17-21H2,1H3;1H/q+1;/p-1. The lowest BCUT2D eigenvalue weighted by Crippen LogP contribution is -3.00. The molecular weight excluding hydrogens is 473 g/mol. The average molecular weight is 507 g/mol. The summed E-state index contributed by atoms with van der Waals surface area (Å²) in [6.45, 7) is 7.40. The summed E-state index contributed by atoms with van der Waals surface area (Å²) >= 11 is 0. The lowest BCUT2D eigenvalue weighted by molar-refractivity contribution is -0.932. The molecule has 0 radical (unpaired) electrons. The summed E-state index contributed by atoms with van der Waals surface area (Å²) < 4.78 is 6.99. The lowest BCUT2D eigenvalue weighted by Gasteiger charge is -2.41. The van der Waals surface area contributed by atoms with E-state index in [9.17, 15) is 4.79 Å². The Morgan fingerprint density at radius 1 is 0.897 bits per heavy atom. The zero-order valence-corrected chi connectivity index (χ0v) is 19.7. The van der Waals surface area contributed by atoms with E-state index in [-0.39, 0.29) is 35.9 Å². The van der Waals surface area contributed by atoms with E-state index in [1.807, 2.05) is 60.7 Å². The van der Waals surface area contributed by atoms with Gasteiger partial charge < -0.3 is 33.2 Å². The van der Waals surface area contributed by atoms with Crippen LogP contribution < -0.4 is 24.0 Å². The fourth-order valence-electron chi connectivity index (χ4n) is 4.41. The van der Waals surface area contributed by atoms with Crippen molar-refractivity contribution in [3.63, 3.8) is 0 Å². The van der Waals surface area contributed by atoms with Crippen LogP contribution in [-0.2, 0) is 9.53 Å². The van der Waals surface area contributed by atoms with Crippen molar-refractivity contribution in [3.8, 4) is 0 Å². The van der Waals surface area contributed by atoms with Gasteiger partial charge in [-0.05, 0) is 36.8 Å². The van der Waals surface area contributed by atoms with Crippen LogP contribution in [0.3, 0.4) is 0 Å². The van der Waals surface area contributed by atoms with E-state index >= 15 is 0 Å². The molecule has 1 aliphatic rings. The van der Waals surface area contributed by atoms with Crippen molar-refractivity contribution in [1.29, 1.82) is 0 Å². The molecule has 0 N–H and O–H groups in total. The molecule has 0 aromatic heterocycles. The van der Waals surface area contributed by atoms with E-state index in [4.69, 9.17) is 4.74 Å². The number of hydrogen-bond donors (Lipinski definition) is 0. The Hall–Kier alpha value is -1.40. The first-order valence-corrected chi connectivity index (χ1v) is 10.9. The Morgan fingerprint density at radius 2 is 1.45 bits per heavy atom. The largest absolute Gasteiger partial charge is 1.00 e. The number of ether oxygens (including phenoxy) is 1. The summed E-state index contributed by atoms with van der Waals surface area (Å²) in [5.74, 6) is -0.490. The van der Waals surface area contributed by atoms with Crippen LogP contribution in [0.1, 0.15) is 56.1 Å². The molecule has 4 heteroatoms. The Kier molecular flexibility index (Phi) is 10.2. The molecule has 2 aromatic rings. The third-order valence-corrected chi connectivity index (χ3v) is 6.06. The van der Waals surface area contributed by atoms with E-state index in [1.165, 1.54) is 51.7 Å². The zero-order chi connectivity index (χ0) is 19.7. The van der Waals surface area contributed by atoms with E-state index in [1.54, 1.807) is 0 Å². The van der Waals surface area contributed by atoms with Crippen LogP contribution in [0.25, 0.3) is 0 Å². The predicted molar refractivity (Wildman–Crippen MR) is 114 cm³/mol. The second-order valence-corrected chi connectivity index (χ2v) is 8.07. The van der Waals surface area contributed by atoms with Gasteiger partial charge in [0.15, 0.2) is 0 Å². The summed E-state index contributed by atoms with van der Waals surface area (Å²) in [5, 5.41) is 0. The fourth-order valence-corrected chi connectivity index (χ4v) is 4.41. The van der Waals surface area contributed by atoms with Gasteiger partial charge in [-0.15, -0.1) is 0 Å². The van der Waals surface area contributed by atoms with Crippen molar-refractivity contribution < 1.29 is 38.0 Å². The summed E-state index contributed by atoms with van der Waals surface area (Å²) in [4.78, 5) is 13.1. The van der Waals surface area contributed by atoms with Crippen molar-refractivity contribution in [2.24, 2.45) is 0 Å². The second kappa shape index (κ2) is 12.3. The molecule has 1 aliphatic heterocycles. The predicted octanol–water partition coefficient (Wildman–Crippen LogP) is 2.17. The van der Waals surface area contributed by atoms with Gasteiger partial charge in [-0.2, -0.15) is 0 Å². The van der Waals surface area contributed by atoms with Crippen LogP contribution >= 0.6 is 0 Å². The topological polar surface area (TPSA) is 26.3 Å². The van der Waals surface area contributed by atoms with Gasteiger partial charge in [0.05, 0.1) is 19.6 Å². The monoisotopic (exact) mass is 507 g/mol. The number of halogens is 1. The Morgan fingerprint density at radius 3 is 1.97 bits per heavy atom. The molecule has 158 valence electrons. The van der Waals surface area contributed by atoms with Crippen LogP contribution in [0.2, 0.25) is 0 Å². The second-order valence-electron chi connectivity index (χ2n) is 8.07. The van der Waals surface area contributed by atoms with Crippen molar-refractivity contribution in [2.75, 3.05) is 32.8 Å². The first-order valence-electron chi connectivity index (χ1n) is 10.9. The highest BCUT2D eigenvalue weighted by Crippen LogP contribution is 2.26. The molecule has 3 nitrogen and oxygen atoms in total. The number of unbranched alkanes of at least 4 members (excludes halogenated alkanes) is 1. The van der Waals surface area contributed by atoms with Gasteiger partial charge >= 0.3 is 5.97 Å². The third kappa shape index (κ3) is 6.82. The van der Waals surface area contributed by atoms with Crippen LogP contribution in [0, 0.1) is 0 Å². The molecule has 0 atom stereocenters. The number of quaternary nitrogens is 1. The quantitative estimate of drug-likeness (QED) is 0.296. The Balaban J connectivity index is 0.00000300. The van der Waals surface area contributed by atoms with E-state index in [2.05, 4.69) is 6.92 Å². The number of esters is 1. The minimum absolute atomic E-state index is 0. The number of likely N-dealkylation sites (tertiary alicyclic amines) is 1. The highest BCUT2D eigenvalue weighted by molar-refractivity contribution is 5.82. The van der Waals surface area contributed by atoms with Gasteiger partial charge in [0, 0.05) is 0 Å². The maximum absolute atomic E-state index is 13.1.